The van der Waals surface area contributed by atoms with Crippen LogP contribution < -0.4 is 0 Å². The van der Waals surface area contributed by atoms with E-state index in [0.717, 1.165) is 30.8 Å². The normalized spacial score (nSPS) is 22.2. The predicted octanol–water partition coefficient (Wildman–Crippen LogP) is 4.04. The summed E-state index contributed by atoms with van der Waals surface area (Å²) >= 11 is 7.54. The second-order valence-electron chi connectivity index (χ2n) is 7.68. The van der Waals surface area contributed by atoms with Crippen LogP contribution in [0.4, 0.5) is 4.39 Å². The molecule has 2 aliphatic rings. The van der Waals surface area contributed by atoms with E-state index in [0.29, 0.717) is 30.2 Å². The number of carbonyl (C=O) groups excluding carboxylic acids is 1. The van der Waals surface area contributed by atoms with Crippen molar-refractivity contribution in [1.29, 1.82) is 0 Å². The molecule has 1 atom stereocenters. The van der Waals surface area contributed by atoms with Crippen molar-refractivity contribution < 1.29 is 14.3 Å². The number of amides is 1. The van der Waals surface area contributed by atoms with Gasteiger partial charge in [0, 0.05) is 31.2 Å². The van der Waals surface area contributed by atoms with Gasteiger partial charge in [0.05, 0.1) is 11.4 Å². The average Bonchev–Trinajstić information content (AvgIpc) is 3.09. The molecule has 2 fully saturated rings. The number of likely N-dealkylation sites (tertiary alicyclic amines) is 1. The Morgan fingerprint density at radius 1 is 1.07 bits per heavy atom. The average molecular weight is 435 g/mol. The zero-order chi connectivity index (χ0) is 20.4. The van der Waals surface area contributed by atoms with Gasteiger partial charge in [-0.15, -0.1) is 11.8 Å². The van der Waals surface area contributed by atoms with Crippen molar-refractivity contribution in [3.05, 3.63) is 70.5 Å². The highest BCUT2D eigenvalue weighted by molar-refractivity contribution is 8.00. The topological polar surface area (TPSA) is 43.8 Å². The molecule has 0 aliphatic carbocycles. The summed E-state index contributed by atoms with van der Waals surface area (Å²) in [6.07, 6.45) is 1.30. The van der Waals surface area contributed by atoms with Gasteiger partial charge in [-0.1, -0.05) is 35.9 Å². The molecule has 0 saturated carbocycles. The highest BCUT2D eigenvalue weighted by Gasteiger charge is 2.36. The lowest BCUT2D eigenvalue weighted by atomic mass is 9.84. The molecule has 0 spiro atoms. The monoisotopic (exact) mass is 434 g/mol. The van der Waals surface area contributed by atoms with E-state index in [-0.39, 0.29) is 17.1 Å². The van der Waals surface area contributed by atoms with Crippen LogP contribution in [0, 0.1) is 5.82 Å². The standard InChI is InChI=1S/C22H24ClFN2O2S/c23-18-5-3-17(4-6-18)22(28)9-11-25(12-10-22)13-14-26-20(27)15-29-21(26)16-1-7-19(24)8-2-16/h1-8,21,28H,9-15H2. The Balaban J connectivity index is 1.34. The second-order valence-corrected chi connectivity index (χ2v) is 9.19. The zero-order valence-corrected chi connectivity index (χ0v) is 17.6. The fourth-order valence-corrected chi connectivity index (χ4v) is 5.39. The van der Waals surface area contributed by atoms with Crippen molar-refractivity contribution in [2.75, 3.05) is 31.9 Å². The third-order valence-corrected chi connectivity index (χ3v) is 7.35. The maximum absolute atomic E-state index is 13.2. The summed E-state index contributed by atoms with van der Waals surface area (Å²) in [6.45, 7) is 2.94. The van der Waals surface area contributed by atoms with Gasteiger partial charge in [0.2, 0.25) is 5.91 Å². The van der Waals surface area contributed by atoms with Crippen LogP contribution in [-0.2, 0) is 10.4 Å². The van der Waals surface area contributed by atoms with Gasteiger partial charge in [0.25, 0.3) is 0 Å². The third-order valence-electron chi connectivity index (χ3n) is 5.85. The lowest BCUT2D eigenvalue weighted by Gasteiger charge is -2.39. The summed E-state index contributed by atoms with van der Waals surface area (Å²) in [6, 6.07) is 13.8. The van der Waals surface area contributed by atoms with Gasteiger partial charge in [-0.25, -0.2) is 4.39 Å². The van der Waals surface area contributed by atoms with E-state index < -0.39 is 5.60 Å². The van der Waals surface area contributed by atoms with E-state index in [1.165, 1.54) is 12.1 Å². The van der Waals surface area contributed by atoms with E-state index in [1.807, 2.05) is 29.2 Å². The molecular weight excluding hydrogens is 411 g/mol. The number of halogens is 2. The number of piperidine rings is 1. The van der Waals surface area contributed by atoms with Gasteiger partial charge >= 0.3 is 0 Å². The van der Waals surface area contributed by atoms with Gasteiger partial charge < -0.3 is 14.9 Å². The summed E-state index contributed by atoms with van der Waals surface area (Å²) in [5.74, 6) is 0.313. The van der Waals surface area contributed by atoms with Crippen LogP contribution in [0.2, 0.25) is 5.02 Å². The molecule has 0 bridgehead atoms. The van der Waals surface area contributed by atoms with Gasteiger partial charge in [0.1, 0.15) is 11.2 Å². The van der Waals surface area contributed by atoms with Crippen LogP contribution in [0.15, 0.2) is 48.5 Å². The molecule has 0 radical (unpaired) electrons. The molecule has 154 valence electrons. The van der Waals surface area contributed by atoms with E-state index in [1.54, 1.807) is 23.9 Å². The number of nitrogens with zero attached hydrogens (tertiary/aromatic N) is 2. The summed E-state index contributed by atoms with van der Waals surface area (Å²) in [5, 5.41) is 11.6. The number of hydrogen-bond acceptors (Lipinski definition) is 4. The lowest BCUT2D eigenvalue weighted by Crippen LogP contribution is -2.45. The Bertz CT molecular complexity index is 854. The number of hydrogen-bond donors (Lipinski definition) is 1. The quantitative estimate of drug-likeness (QED) is 0.771. The van der Waals surface area contributed by atoms with Crippen molar-refractivity contribution in [3.63, 3.8) is 0 Å². The number of carbonyl (C=O) groups is 1. The lowest BCUT2D eigenvalue weighted by molar-refractivity contribution is -0.128. The Kier molecular flexibility index (Phi) is 6.16. The summed E-state index contributed by atoms with van der Waals surface area (Å²) in [7, 11) is 0. The molecule has 2 aliphatic heterocycles. The van der Waals surface area contributed by atoms with Crippen molar-refractivity contribution in [3.8, 4) is 0 Å². The molecule has 2 aromatic carbocycles. The molecule has 1 amide bonds. The number of thioether (sulfide) groups is 1. The molecule has 0 aromatic heterocycles. The number of rotatable bonds is 5. The van der Waals surface area contributed by atoms with Crippen molar-refractivity contribution in [1.82, 2.24) is 9.80 Å². The molecule has 2 aromatic rings. The predicted molar refractivity (Wildman–Crippen MR) is 114 cm³/mol. The molecule has 29 heavy (non-hydrogen) atoms. The minimum atomic E-state index is -0.822. The molecule has 1 N–H and O–H groups in total. The van der Waals surface area contributed by atoms with Gasteiger partial charge in [-0.2, -0.15) is 0 Å². The highest BCUT2D eigenvalue weighted by Crippen LogP contribution is 2.39. The van der Waals surface area contributed by atoms with Crippen LogP contribution >= 0.6 is 23.4 Å². The van der Waals surface area contributed by atoms with Crippen molar-refractivity contribution >= 4 is 29.3 Å². The van der Waals surface area contributed by atoms with Crippen molar-refractivity contribution in [2.45, 2.75) is 23.8 Å². The first kappa shape index (κ1) is 20.7. The summed E-state index contributed by atoms with van der Waals surface area (Å²) in [4.78, 5) is 16.6. The smallest absolute Gasteiger partial charge is 0.233 e. The third kappa shape index (κ3) is 4.61. The summed E-state index contributed by atoms with van der Waals surface area (Å²) in [5.41, 5.74) is 1.04. The molecule has 2 saturated heterocycles. The van der Waals surface area contributed by atoms with Crippen LogP contribution in [0.1, 0.15) is 29.3 Å². The van der Waals surface area contributed by atoms with Gasteiger partial charge in [-0.05, 0) is 48.2 Å². The Morgan fingerprint density at radius 2 is 1.72 bits per heavy atom. The first-order chi connectivity index (χ1) is 13.9. The fraction of sp³-hybridized carbons (Fsp3) is 0.409. The second kappa shape index (κ2) is 8.64. The van der Waals surface area contributed by atoms with Gasteiger partial charge in [0.15, 0.2) is 0 Å². The van der Waals surface area contributed by atoms with Crippen LogP contribution in [0.5, 0.6) is 0 Å². The van der Waals surface area contributed by atoms with Crippen molar-refractivity contribution in [2.24, 2.45) is 0 Å². The molecular formula is C22H24ClFN2O2S. The zero-order valence-electron chi connectivity index (χ0n) is 16.1. The van der Waals surface area contributed by atoms with E-state index in [2.05, 4.69) is 4.90 Å². The SMILES string of the molecule is O=C1CSC(c2ccc(F)cc2)N1CCN1CCC(O)(c2ccc(Cl)cc2)CC1. The van der Waals surface area contributed by atoms with Crippen LogP contribution in [0.25, 0.3) is 0 Å². The molecule has 4 rings (SSSR count). The minimum absolute atomic E-state index is 0.0566. The molecule has 1 unspecified atom stereocenters. The molecule has 7 heteroatoms. The minimum Gasteiger partial charge on any atom is -0.385 e. The van der Waals surface area contributed by atoms with Crippen LogP contribution in [-0.4, -0.2) is 52.7 Å². The largest absolute Gasteiger partial charge is 0.385 e. The maximum Gasteiger partial charge on any atom is 0.233 e. The fourth-order valence-electron chi connectivity index (χ4n) is 4.04. The van der Waals surface area contributed by atoms with E-state index in [9.17, 15) is 14.3 Å². The Labute approximate surface area is 179 Å². The first-order valence-corrected chi connectivity index (χ1v) is 11.2. The van der Waals surface area contributed by atoms with Crippen LogP contribution in [0.3, 0.4) is 0 Å². The van der Waals surface area contributed by atoms with E-state index in [4.69, 9.17) is 11.6 Å². The number of benzene rings is 2. The molecule has 2 heterocycles. The highest BCUT2D eigenvalue weighted by atomic mass is 35.5. The maximum atomic E-state index is 13.2. The Morgan fingerprint density at radius 3 is 2.38 bits per heavy atom. The summed E-state index contributed by atoms with van der Waals surface area (Å²) < 4.78 is 13.2. The van der Waals surface area contributed by atoms with E-state index >= 15 is 0 Å². The first-order valence-electron chi connectivity index (χ1n) is 9.82. The Hall–Kier alpha value is -1.60. The van der Waals surface area contributed by atoms with Gasteiger partial charge in [-0.3, -0.25) is 4.79 Å². The molecule has 4 nitrogen and oxygen atoms in total. The number of aliphatic hydroxyl groups is 1.